The lowest BCUT2D eigenvalue weighted by atomic mass is 9.97. The maximum atomic E-state index is 5.82. The molecule has 26 heavy (non-hydrogen) atoms. The molecular weight excluding hydrogens is 342 g/mol. The van der Waals surface area contributed by atoms with Gasteiger partial charge in [-0.25, -0.2) is 0 Å². The molecule has 0 aromatic heterocycles. The van der Waals surface area contributed by atoms with Gasteiger partial charge in [-0.2, -0.15) is 0 Å². The van der Waals surface area contributed by atoms with Gasteiger partial charge in [0.1, 0.15) is 5.75 Å². The van der Waals surface area contributed by atoms with Crippen LogP contribution < -0.4 is 10.1 Å². The van der Waals surface area contributed by atoms with Crippen molar-refractivity contribution < 1.29 is 4.74 Å². The molecule has 0 amide bonds. The Kier molecular flexibility index (Phi) is 9.19. The van der Waals surface area contributed by atoms with Gasteiger partial charge in [-0.15, -0.1) is 0 Å². The largest absolute Gasteiger partial charge is 0.496 e. The summed E-state index contributed by atoms with van der Waals surface area (Å²) in [6.07, 6.45) is 9.19. The van der Waals surface area contributed by atoms with Gasteiger partial charge in [0.15, 0.2) is 5.11 Å². The summed E-state index contributed by atoms with van der Waals surface area (Å²) in [6.45, 7) is 2.65. The molecule has 1 aliphatic rings. The Morgan fingerprint density at radius 2 is 1.73 bits per heavy atom. The van der Waals surface area contributed by atoms with Crippen LogP contribution in [0.4, 0.5) is 0 Å². The molecule has 0 heterocycles. The minimum atomic E-state index is 0.516. The molecule has 0 atom stereocenters. The van der Waals surface area contributed by atoms with Gasteiger partial charge in [0.2, 0.25) is 0 Å². The highest BCUT2D eigenvalue weighted by atomic mass is 32.1. The van der Waals surface area contributed by atoms with E-state index < -0.39 is 0 Å². The first kappa shape index (κ1) is 21.0. The molecule has 0 saturated heterocycles. The molecule has 1 saturated carbocycles. The molecule has 0 bridgehead atoms. The van der Waals surface area contributed by atoms with Crippen molar-refractivity contribution in [3.8, 4) is 5.75 Å². The standard InChI is InChI=1S/C21H35N3OS/c1-23(2)15-16-24(17-18-11-9-10-14-20(18)25-3)21(26)22-19-12-7-5-4-6-8-13-19/h9-11,14,19H,4-8,12-13,15-17H2,1-3H3,(H,22,26). The summed E-state index contributed by atoms with van der Waals surface area (Å²) in [4.78, 5) is 4.49. The fourth-order valence-electron chi connectivity index (χ4n) is 3.48. The Morgan fingerprint density at radius 1 is 1.08 bits per heavy atom. The molecule has 146 valence electrons. The summed E-state index contributed by atoms with van der Waals surface area (Å²) in [7, 11) is 5.94. The van der Waals surface area contributed by atoms with Gasteiger partial charge in [0.25, 0.3) is 0 Å². The third kappa shape index (κ3) is 7.12. The van der Waals surface area contributed by atoms with E-state index in [9.17, 15) is 0 Å². The lowest BCUT2D eigenvalue weighted by Gasteiger charge is -2.31. The number of rotatable bonds is 7. The number of para-hydroxylation sites is 1. The number of benzene rings is 1. The monoisotopic (exact) mass is 377 g/mol. The van der Waals surface area contributed by atoms with E-state index in [1.165, 1.54) is 50.5 Å². The number of nitrogens with one attached hydrogen (secondary N) is 1. The van der Waals surface area contributed by atoms with E-state index >= 15 is 0 Å². The maximum absolute atomic E-state index is 5.82. The lowest BCUT2D eigenvalue weighted by molar-refractivity contribution is 0.311. The Balaban J connectivity index is 2.03. The molecule has 1 aromatic carbocycles. The molecule has 1 aromatic rings. The van der Waals surface area contributed by atoms with Crippen LogP contribution in [0.1, 0.15) is 50.5 Å². The zero-order chi connectivity index (χ0) is 18.8. The number of likely N-dealkylation sites (N-methyl/N-ethyl adjacent to an activating group) is 1. The van der Waals surface area contributed by atoms with Crippen molar-refractivity contribution in [3.05, 3.63) is 29.8 Å². The van der Waals surface area contributed by atoms with Crippen LogP contribution in [0, 0.1) is 0 Å². The molecule has 0 spiro atoms. The van der Waals surface area contributed by atoms with Crippen LogP contribution in [-0.4, -0.2) is 55.2 Å². The zero-order valence-corrected chi connectivity index (χ0v) is 17.5. The molecule has 0 radical (unpaired) electrons. The Bertz CT molecular complexity index is 542. The van der Waals surface area contributed by atoms with Gasteiger partial charge in [-0.1, -0.05) is 50.3 Å². The summed E-state index contributed by atoms with van der Waals surface area (Å²) in [6, 6.07) is 8.73. The van der Waals surface area contributed by atoms with Crippen LogP contribution in [0.25, 0.3) is 0 Å². The smallest absolute Gasteiger partial charge is 0.169 e. The van der Waals surface area contributed by atoms with Crippen molar-refractivity contribution >= 4 is 17.3 Å². The van der Waals surface area contributed by atoms with E-state index in [0.29, 0.717) is 6.04 Å². The summed E-state index contributed by atoms with van der Waals surface area (Å²) in [5.74, 6) is 0.927. The van der Waals surface area contributed by atoms with Crippen LogP contribution >= 0.6 is 12.2 Å². The number of ether oxygens (including phenoxy) is 1. The maximum Gasteiger partial charge on any atom is 0.169 e. The highest BCUT2D eigenvalue weighted by Crippen LogP contribution is 2.20. The van der Waals surface area contributed by atoms with Crippen LogP contribution in [-0.2, 0) is 6.54 Å². The van der Waals surface area contributed by atoms with Gasteiger partial charge in [-0.3, -0.25) is 0 Å². The Morgan fingerprint density at radius 3 is 2.38 bits per heavy atom. The summed E-state index contributed by atoms with van der Waals surface area (Å²) < 4.78 is 5.53. The molecule has 1 aliphatic carbocycles. The summed E-state index contributed by atoms with van der Waals surface area (Å²) >= 11 is 5.82. The first-order chi connectivity index (χ1) is 12.6. The molecular formula is C21H35N3OS. The number of nitrogens with zero attached hydrogens (tertiary/aromatic N) is 2. The third-order valence-corrected chi connectivity index (χ3v) is 5.47. The second-order valence-electron chi connectivity index (χ2n) is 7.53. The molecule has 0 unspecified atom stereocenters. The lowest BCUT2D eigenvalue weighted by Crippen LogP contribution is -2.46. The Hall–Kier alpha value is -1.33. The zero-order valence-electron chi connectivity index (χ0n) is 16.7. The van der Waals surface area contributed by atoms with Crippen molar-refractivity contribution in [1.29, 1.82) is 0 Å². The van der Waals surface area contributed by atoms with Gasteiger partial charge < -0.3 is 19.9 Å². The Labute approximate surface area is 164 Å². The highest BCUT2D eigenvalue weighted by molar-refractivity contribution is 7.80. The third-order valence-electron chi connectivity index (χ3n) is 5.09. The highest BCUT2D eigenvalue weighted by Gasteiger charge is 2.17. The second-order valence-corrected chi connectivity index (χ2v) is 7.91. The first-order valence-corrected chi connectivity index (χ1v) is 10.3. The van der Waals surface area contributed by atoms with Crippen molar-refractivity contribution in [3.63, 3.8) is 0 Å². The predicted molar refractivity (Wildman–Crippen MR) is 114 cm³/mol. The normalized spacial score (nSPS) is 16.0. The van der Waals surface area contributed by atoms with Gasteiger partial charge in [-0.05, 0) is 45.2 Å². The number of hydrogen-bond acceptors (Lipinski definition) is 3. The van der Waals surface area contributed by atoms with E-state index in [1.54, 1.807) is 7.11 Å². The first-order valence-electron chi connectivity index (χ1n) is 9.92. The van der Waals surface area contributed by atoms with Crippen molar-refractivity contribution in [2.24, 2.45) is 0 Å². The number of thiocarbonyl (C=S) groups is 1. The van der Waals surface area contributed by atoms with Crippen molar-refractivity contribution in [2.75, 3.05) is 34.3 Å². The average molecular weight is 378 g/mol. The van der Waals surface area contributed by atoms with E-state index in [2.05, 4.69) is 41.3 Å². The topological polar surface area (TPSA) is 27.7 Å². The van der Waals surface area contributed by atoms with Crippen LogP contribution in [0.15, 0.2) is 24.3 Å². The van der Waals surface area contributed by atoms with Crippen LogP contribution in [0.5, 0.6) is 5.75 Å². The second kappa shape index (κ2) is 11.4. The van der Waals surface area contributed by atoms with Gasteiger partial charge in [0, 0.05) is 31.2 Å². The fraction of sp³-hybridized carbons (Fsp3) is 0.667. The quantitative estimate of drug-likeness (QED) is 0.724. The van der Waals surface area contributed by atoms with Crippen LogP contribution in [0.3, 0.4) is 0 Å². The minimum Gasteiger partial charge on any atom is -0.496 e. The average Bonchev–Trinajstić information content (AvgIpc) is 2.60. The molecule has 5 heteroatoms. The fourth-order valence-corrected chi connectivity index (χ4v) is 3.80. The van der Waals surface area contributed by atoms with Gasteiger partial charge in [0.05, 0.1) is 7.11 Å². The molecule has 0 aliphatic heterocycles. The minimum absolute atomic E-state index is 0.516. The number of hydrogen-bond donors (Lipinski definition) is 1. The van der Waals surface area contributed by atoms with Crippen molar-refractivity contribution in [1.82, 2.24) is 15.1 Å². The van der Waals surface area contributed by atoms with E-state index in [-0.39, 0.29) is 0 Å². The summed E-state index contributed by atoms with van der Waals surface area (Å²) in [5.41, 5.74) is 1.18. The SMILES string of the molecule is COc1ccccc1CN(CCN(C)C)C(=S)NC1CCCCCCC1. The molecule has 1 N–H and O–H groups in total. The molecule has 4 nitrogen and oxygen atoms in total. The number of methoxy groups -OCH3 is 1. The molecule has 1 fully saturated rings. The molecule has 2 rings (SSSR count). The van der Waals surface area contributed by atoms with Crippen molar-refractivity contribution in [2.45, 2.75) is 57.5 Å². The predicted octanol–water partition coefficient (Wildman–Crippen LogP) is 4.05. The van der Waals surface area contributed by atoms with E-state index in [1.807, 2.05) is 12.1 Å². The van der Waals surface area contributed by atoms with Gasteiger partial charge >= 0.3 is 0 Å². The van der Waals surface area contributed by atoms with Crippen LogP contribution in [0.2, 0.25) is 0 Å². The summed E-state index contributed by atoms with van der Waals surface area (Å²) in [5, 5.41) is 4.54. The van der Waals surface area contributed by atoms with E-state index in [0.717, 1.165) is 30.5 Å². The van der Waals surface area contributed by atoms with E-state index in [4.69, 9.17) is 17.0 Å².